The number of hydrogen-bond donors (Lipinski definition) is 1. The standard InChI is InChI=1S/C15H19N5S/c1-4-13-18-14(12-8-16-20(3)15(12)19-13)17-10(2)7-11-5-6-21-9-11/h5-6,8-10H,4,7H2,1-3H3,(H,17,18,19). The van der Waals surface area contributed by atoms with Crippen molar-refractivity contribution in [2.24, 2.45) is 7.05 Å². The van der Waals surface area contributed by atoms with Gasteiger partial charge in [0.15, 0.2) is 5.65 Å². The van der Waals surface area contributed by atoms with Crippen molar-refractivity contribution in [2.75, 3.05) is 5.32 Å². The molecule has 0 aliphatic heterocycles. The van der Waals surface area contributed by atoms with Gasteiger partial charge < -0.3 is 5.32 Å². The molecule has 3 aromatic heterocycles. The Morgan fingerprint density at radius 1 is 1.38 bits per heavy atom. The van der Waals surface area contributed by atoms with Crippen LogP contribution >= 0.6 is 11.3 Å². The highest BCUT2D eigenvalue weighted by Gasteiger charge is 2.13. The summed E-state index contributed by atoms with van der Waals surface area (Å²) in [7, 11) is 1.91. The molecule has 3 aromatic rings. The minimum absolute atomic E-state index is 0.308. The van der Waals surface area contributed by atoms with Gasteiger partial charge in [0.05, 0.1) is 11.6 Å². The molecule has 0 aliphatic carbocycles. The topological polar surface area (TPSA) is 55.6 Å². The number of nitrogens with one attached hydrogen (secondary N) is 1. The Balaban J connectivity index is 1.88. The highest BCUT2D eigenvalue weighted by Crippen LogP contribution is 2.21. The molecule has 0 fully saturated rings. The molecule has 21 heavy (non-hydrogen) atoms. The predicted molar refractivity (Wildman–Crippen MR) is 86.8 cm³/mol. The maximum absolute atomic E-state index is 4.63. The predicted octanol–water partition coefficient (Wildman–Crippen LogP) is 3.03. The van der Waals surface area contributed by atoms with Gasteiger partial charge in [-0.1, -0.05) is 6.92 Å². The van der Waals surface area contributed by atoms with Crippen LogP contribution in [0.25, 0.3) is 11.0 Å². The summed E-state index contributed by atoms with van der Waals surface area (Å²) in [6.07, 6.45) is 3.62. The number of aryl methyl sites for hydroxylation is 2. The minimum Gasteiger partial charge on any atom is -0.367 e. The molecule has 1 atom stereocenters. The van der Waals surface area contributed by atoms with Crippen molar-refractivity contribution in [1.29, 1.82) is 0 Å². The van der Waals surface area contributed by atoms with Crippen LogP contribution in [0, 0.1) is 0 Å². The van der Waals surface area contributed by atoms with E-state index in [1.165, 1.54) is 5.56 Å². The van der Waals surface area contributed by atoms with Gasteiger partial charge in [-0.2, -0.15) is 16.4 Å². The van der Waals surface area contributed by atoms with E-state index in [4.69, 9.17) is 0 Å². The van der Waals surface area contributed by atoms with E-state index >= 15 is 0 Å². The fourth-order valence-electron chi connectivity index (χ4n) is 2.38. The number of rotatable bonds is 5. The third-order valence-corrected chi connectivity index (χ3v) is 4.19. The quantitative estimate of drug-likeness (QED) is 0.787. The fraction of sp³-hybridized carbons (Fsp3) is 0.400. The van der Waals surface area contributed by atoms with E-state index in [1.807, 2.05) is 13.2 Å². The summed E-state index contributed by atoms with van der Waals surface area (Å²) in [5.41, 5.74) is 2.24. The summed E-state index contributed by atoms with van der Waals surface area (Å²) in [5.74, 6) is 1.73. The first-order chi connectivity index (χ1) is 10.2. The summed E-state index contributed by atoms with van der Waals surface area (Å²) in [5, 5.41) is 13.1. The van der Waals surface area contributed by atoms with Crippen LogP contribution in [-0.4, -0.2) is 25.8 Å². The summed E-state index contributed by atoms with van der Waals surface area (Å²) >= 11 is 1.73. The minimum atomic E-state index is 0.308. The molecule has 0 aromatic carbocycles. The average Bonchev–Trinajstić information content (AvgIpc) is 3.09. The number of aromatic nitrogens is 4. The molecule has 6 heteroatoms. The van der Waals surface area contributed by atoms with Gasteiger partial charge in [0, 0.05) is 19.5 Å². The lowest BCUT2D eigenvalue weighted by molar-refractivity contribution is 0.773. The summed E-state index contributed by atoms with van der Waals surface area (Å²) < 4.78 is 1.80. The first-order valence-electron chi connectivity index (χ1n) is 7.13. The molecule has 0 radical (unpaired) electrons. The van der Waals surface area contributed by atoms with Crippen molar-refractivity contribution in [3.05, 3.63) is 34.4 Å². The summed E-state index contributed by atoms with van der Waals surface area (Å²) in [6.45, 7) is 4.24. The molecular formula is C15H19N5S. The molecule has 5 nitrogen and oxygen atoms in total. The van der Waals surface area contributed by atoms with Gasteiger partial charge in [0.1, 0.15) is 11.6 Å². The van der Waals surface area contributed by atoms with Crippen molar-refractivity contribution < 1.29 is 0 Å². The molecule has 0 amide bonds. The van der Waals surface area contributed by atoms with Crippen LogP contribution in [0.3, 0.4) is 0 Å². The smallest absolute Gasteiger partial charge is 0.163 e. The first kappa shape index (κ1) is 14.0. The maximum atomic E-state index is 4.63. The van der Waals surface area contributed by atoms with E-state index in [9.17, 15) is 0 Å². The van der Waals surface area contributed by atoms with E-state index in [0.29, 0.717) is 6.04 Å². The zero-order chi connectivity index (χ0) is 14.8. The lowest BCUT2D eigenvalue weighted by Crippen LogP contribution is -2.19. The normalized spacial score (nSPS) is 12.7. The Labute approximate surface area is 128 Å². The Hall–Kier alpha value is -1.95. The van der Waals surface area contributed by atoms with Crippen molar-refractivity contribution in [3.8, 4) is 0 Å². The third kappa shape index (κ3) is 2.90. The molecule has 0 bridgehead atoms. The lowest BCUT2D eigenvalue weighted by atomic mass is 10.1. The number of anilines is 1. The van der Waals surface area contributed by atoms with Crippen LogP contribution < -0.4 is 5.32 Å². The SMILES string of the molecule is CCc1nc(NC(C)Cc2ccsc2)c2cnn(C)c2n1. The highest BCUT2D eigenvalue weighted by molar-refractivity contribution is 7.07. The number of nitrogens with zero attached hydrogens (tertiary/aromatic N) is 4. The molecular weight excluding hydrogens is 282 g/mol. The van der Waals surface area contributed by atoms with E-state index in [-0.39, 0.29) is 0 Å². The van der Waals surface area contributed by atoms with Crippen LogP contribution in [0.4, 0.5) is 5.82 Å². The van der Waals surface area contributed by atoms with E-state index < -0.39 is 0 Å². The van der Waals surface area contributed by atoms with Crippen LogP contribution in [-0.2, 0) is 19.9 Å². The zero-order valence-corrected chi connectivity index (χ0v) is 13.3. The molecule has 0 aliphatic rings. The Morgan fingerprint density at radius 2 is 2.24 bits per heavy atom. The summed E-state index contributed by atoms with van der Waals surface area (Å²) in [4.78, 5) is 9.18. The van der Waals surface area contributed by atoms with Crippen LogP contribution in [0.15, 0.2) is 23.0 Å². The van der Waals surface area contributed by atoms with Crippen LogP contribution in [0.5, 0.6) is 0 Å². The lowest BCUT2D eigenvalue weighted by Gasteiger charge is -2.15. The second-order valence-corrected chi connectivity index (χ2v) is 6.01. The van der Waals surface area contributed by atoms with Crippen LogP contribution in [0.1, 0.15) is 25.2 Å². The molecule has 3 heterocycles. The molecule has 0 saturated carbocycles. The molecule has 1 N–H and O–H groups in total. The molecule has 0 saturated heterocycles. The number of hydrogen-bond acceptors (Lipinski definition) is 5. The first-order valence-corrected chi connectivity index (χ1v) is 8.08. The van der Waals surface area contributed by atoms with Gasteiger partial charge in [-0.3, -0.25) is 4.68 Å². The highest BCUT2D eigenvalue weighted by atomic mass is 32.1. The fourth-order valence-corrected chi connectivity index (χ4v) is 3.06. The van der Waals surface area contributed by atoms with Gasteiger partial charge in [-0.15, -0.1) is 0 Å². The zero-order valence-electron chi connectivity index (χ0n) is 12.5. The van der Waals surface area contributed by atoms with E-state index in [0.717, 1.165) is 35.5 Å². The molecule has 1 unspecified atom stereocenters. The Morgan fingerprint density at radius 3 is 2.95 bits per heavy atom. The van der Waals surface area contributed by atoms with Crippen molar-refractivity contribution in [3.63, 3.8) is 0 Å². The number of fused-ring (bicyclic) bond motifs is 1. The second kappa shape index (κ2) is 5.81. The Kier molecular flexibility index (Phi) is 3.88. The average molecular weight is 301 g/mol. The van der Waals surface area contributed by atoms with E-state index in [2.05, 4.69) is 51.1 Å². The van der Waals surface area contributed by atoms with Crippen molar-refractivity contribution >= 4 is 28.2 Å². The molecule has 3 rings (SSSR count). The Bertz CT molecular complexity index is 732. The van der Waals surface area contributed by atoms with Crippen molar-refractivity contribution in [2.45, 2.75) is 32.7 Å². The van der Waals surface area contributed by atoms with Crippen LogP contribution in [0.2, 0.25) is 0 Å². The van der Waals surface area contributed by atoms with Gasteiger partial charge >= 0.3 is 0 Å². The summed E-state index contributed by atoms with van der Waals surface area (Å²) in [6, 6.07) is 2.47. The van der Waals surface area contributed by atoms with Gasteiger partial charge in [-0.25, -0.2) is 9.97 Å². The largest absolute Gasteiger partial charge is 0.367 e. The third-order valence-electron chi connectivity index (χ3n) is 3.46. The number of thiophene rings is 1. The van der Waals surface area contributed by atoms with Crippen molar-refractivity contribution in [1.82, 2.24) is 19.7 Å². The maximum Gasteiger partial charge on any atom is 0.163 e. The monoisotopic (exact) mass is 301 g/mol. The van der Waals surface area contributed by atoms with Gasteiger partial charge in [0.2, 0.25) is 0 Å². The molecule has 0 spiro atoms. The van der Waals surface area contributed by atoms with Gasteiger partial charge in [-0.05, 0) is 35.7 Å². The van der Waals surface area contributed by atoms with E-state index in [1.54, 1.807) is 16.0 Å². The molecule has 110 valence electrons. The second-order valence-electron chi connectivity index (χ2n) is 5.23. The van der Waals surface area contributed by atoms with Gasteiger partial charge in [0.25, 0.3) is 0 Å².